The maximum Gasteiger partial charge on any atom is 0.311 e. The molecule has 0 aliphatic carbocycles. The zero-order valence-electron chi connectivity index (χ0n) is 20.3. The predicted octanol–water partition coefficient (Wildman–Crippen LogP) is 1.28. The number of amides is 2. The minimum atomic E-state index is -0.785. The van der Waals surface area contributed by atoms with E-state index in [-0.39, 0.29) is 37.7 Å². The number of likely N-dealkylation sites (tertiary alicyclic amines) is 1. The number of hydrogen-bond acceptors (Lipinski definition) is 7. The van der Waals surface area contributed by atoms with Gasteiger partial charge in [0.1, 0.15) is 12.6 Å². The van der Waals surface area contributed by atoms with E-state index in [0.717, 1.165) is 16.7 Å². The number of methoxy groups -OCH3 is 1. The molecule has 10 heteroatoms. The third-order valence-electron chi connectivity index (χ3n) is 6.18. The van der Waals surface area contributed by atoms with E-state index in [4.69, 9.17) is 0 Å². The number of aliphatic hydroxyl groups is 1. The number of rotatable bonds is 8. The van der Waals surface area contributed by atoms with Crippen LogP contribution in [0.1, 0.15) is 17.7 Å². The number of esters is 1. The van der Waals surface area contributed by atoms with Gasteiger partial charge in [0.2, 0.25) is 11.8 Å². The molecular weight excluding hydrogens is 462 g/mol. The van der Waals surface area contributed by atoms with Gasteiger partial charge in [0, 0.05) is 32.8 Å². The number of carbonyl (C=O) groups is 3. The Balaban J connectivity index is 1.38. The first-order valence-electron chi connectivity index (χ1n) is 11.7. The van der Waals surface area contributed by atoms with Crippen molar-refractivity contribution in [3.05, 3.63) is 72.1 Å². The van der Waals surface area contributed by atoms with Crippen molar-refractivity contribution in [3.8, 4) is 11.1 Å². The number of hydrogen-bond donors (Lipinski definition) is 1. The van der Waals surface area contributed by atoms with Crippen molar-refractivity contribution in [2.24, 2.45) is 0 Å². The van der Waals surface area contributed by atoms with Gasteiger partial charge in [0.05, 0.1) is 25.3 Å². The van der Waals surface area contributed by atoms with Crippen molar-refractivity contribution in [2.45, 2.75) is 38.1 Å². The Hall–Kier alpha value is -4.05. The highest BCUT2D eigenvalue weighted by Gasteiger charge is 2.40. The van der Waals surface area contributed by atoms with Gasteiger partial charge in [0.25, 0.3) is 0 Å². The van der Waals surface area contributed by atoms with Crippen molar-refractivity contribution in [3.63, 3.8) is 0 Å². The summed E-state index contributed by atoms with van der Waals surface area (Å²) < 4.78 is 5.92. The quantitative estimate of drug-likeness (QED) is 0.472. The molecule has 2 heterocycles. The second-order valence-corrected chi connectivity index (χ2v) is 8.87. The molecule has 0 spiro atoms. The smallest absolute Gasteiger partial charge is 0.311 e. The van der Waals surface area contributed by atoms with Crippen LogP contribution in [0, 0.1) is 0 Å². The summed E-state index contributed by atoms with van der Waals surface area (Å²) in [5.74, 6) is -1.06. The van der Waals surface area contributed by atoms with E-state index in [1.165, 1.54) is 22.9 Å². The van der Waals surface area contributed by atoms with Crippen molar-refractivity contribution in [1.29, 1.82) is 0 Å². The molecule has 1 N–H and O–H groups in total. The maximum atomic E-state index is 13.2. The van der Waals surface area contributed by atoms with Gasteiger partial charge < -0.3 is 19.6 Å². The summed E-state index contributed by atoms with van der Waals surface area (Å²) in [5.41, 5.74) is 3.55. The van der Waals surface area contributed by atoms with Crippen LogP contribution < -0.4 is 0 Å². The first-order valence-corrected chi connectivity index (χ1v) is 11.7. The van der Waals surface area contributed by atoms with Crippen LogP contribution in [-0.4, -0.2) is 80.5 Å². The number of β-amino-alcohol motifs (C(OH)–C–C–N with tert-alkyl or cyclic N) is 1. The molecule has 2 amide bonds. The largest absolute Gasteiger partial charge is 0.469 e. The summed E-state index contributed by atoms with van der Waals surface area (Å²) in [6, 6.07) is 17.3. The monoisotopic (exact) mass is 491 g/mol. The molecule has 188 valence electrons. The van der Waals surface area contributed by atoms with Crippen LogP contribution in [0.4, 0.5) is 0 Å². The van der Waals surface area contributed by atoms with Gasteiger partial charge in [-0.3, -0.25) is 14.4 Å². The number of likely N-dealkylation sites (N-methyl/N-ethyl adjacent to an activating group) is 1. The van der Waals surface area contributed by atoms with Crippen LogP contribution in [0.15, 0.2) is 60.8 Å². The summed E-state index contributed by atoms with van der Waals surface area (Å²) in [4.78, 5) is 40.6. The van der Waals surface area contributed by atoms with Crippen LogP contribution in [0.2, 0.25) is 0 Å². The molecule has 2 aromatic carbocycles. The third-order valence-corrected chi connectivity index (χ3v) is 6.18. The summed E-state index contributed by atoms with van der Waals surface area (Å²) >= 11 is 0. The van der Waals surface area contributed by atoms with Crippen molar-refractivity contribution in [1.82, 2.24) is 24.8 Å². The molecule has 1 saturated heterocycles. The first-order chi connectivity index (χ1) is 17.3. The van der Waals surface area contributed by atoms with Crippen molar-refractivity contribution >= 4 is 17.8 Å². The molecule has 1 aromatic heterocycles. The number of ether oxygens (including phenoxy) is 1. The highest BCUT2D eigenvalue weighted by molar-refractivity contribution is 5.88. The van der Waals surface area contributed by atoms with Crippen LogP contribution in [-0.2, 0) is 38.6 Å². The van der Waals surface area contributed by atoms with Crippen LogP contribution >= 0.6 is 0 Å². The van der Waals surface area contributed by atoms with E-state index in [1.54, 1.807) is 11.9 Å². The van der Waals surface area contributed by atoms with E-state index in [0.29, 0.717) is 12.2 Å². The highest BCUT2D eigenvalue weighted by Crippen LogP contribution is 2.23. The lowest BCUT2D eigenvalue weighted by Crippen LogP contribution is -2.47. The van der Waals surface area contributed by atoms with Crippen LogP contribution in [0.3, 0.4) is 0 Å². The second-order valence-electron chi connectivity index (χ2n) is 8.87. The topological polar surface area (TPSA) is 118 Å². The summed E-state index contributed by atoms with van der Waals surface area (Å²) in [6.45, 7) is 0.288. The molecule has 1 fully saturated rings. The Kier molecular flexibility index (Phi) is 7.74. The molecule has 0 radical (unpaired) electrons. The van der Waals surface area contributed by atoms with Gasteiger partial charge in [0.15, 0.2) is 0 Å². The normalized spacial score (nSPS) is 17.1. The zero-order valence-corrected chi connectivity index (χ0v) is 20.3. The van der Waals surface area contributed by atoms with Gasteiger partial charge >= 0.3 is 5.97 Å². The third kappa shape index (κ3) is 5.95. The second kappa shape index (κ2) is 11.1. The van der Waals surface area contributed by atoms with Gasteiger partial charge in [-0.05, 0) is 16.7 Å². The Morgan fingerprint density at radius 3 is 2.47 bits per heavy atom. The molecule has 0 unspecified atom stereocenters. The fourth-order valence-corrected chi connectivity index (χ4v) is 4.31. The molecule has 1 aliphatic heterocycles. The molecule has 2 atom stereocenters. The molecule has 0 saturated carbocycles. The van der Waals surface area contributed by atoms with Gasteiger partial charge in [-0.25, -0.2) is 4.68 Å². The predicted molar refractivity (Wildman–Crippen MR) is 130 cm³/mol. The van der Waals surface area contributed by atoms with Crippen molar-refractivity contribution < 1.29 is 24.2 Å². The fourth-order valence-electron chi connectivity index (χ4n) is 4.31. The highest BCUT2D eigenvalue weighted by atomic mass is 16.5. The SMILES string of the molecule is COC(=O)Cc1cn(CC(=O)N2C[C@H](O)C[C@H]2C(=O)N(C)Cc2ccc(-c3ccccc3)cc2)nn1. The van der Waals surface area contributed by atoms with E-state index in [2.05, 4.69) is 15.0 Å². The number of aliphatic hydroxyl groups excluding tert-OH is 1. The maximum absolute atomic E-state index is 13.2. The standard InChI is InChI=1S/C26H29N5O5/c1-29(14-18-8-10-20(11-9-18)19-6-4-3-5-7-19)26(35)23-13-22(32)16-31(23)24(33)17-30-15-21(27-28-30)12-25(34)36-2/h3-11,15,22-23,32H,12-14,16-17H2,1-2H3/t22-,23+/m1/s1. The minimum Gasteiger partial charge on any atom is -0.469 e. The molecule has 4 rings (SSSR count). The lowest BCUT2D eigenvalue weighted by atomic mass is 10.0. The Labute approximate surface area is 209 Å². The van der Waals surface area contributed by atoms with Gasteiger partial charge in [-0.1, -0.05) is 59.8 Å². The van der Waals surface area contributed by atoms with Gasteiger partial charge in [-0.2, -0.15) is 0 Å². The average molecular weight is 492 g/mol. The number of nitrogens with zero attached hydrogens (tertiary/aromatic N) is 5. The molecule has 0 bridgehead atoms. The van der Waals surface area contributed by atoms with E-state index >= 15 is 0 Å². The van der Waals surface area contributed by atoms with Crippen molar-refractivity contribution in [2.75, 3.05) is 20.7 Å². The lowest BCUT2D eigenvalue weighted by Gasteiger charge is -2.28. The van der Waals surface area contributed by atoms with Crippen LogP contribution in [0.25, 0.3) is 11.1 Å². The molecule has 36 heavy (non-hydrogen) atoms. The minimum absolute atomic E-state index is 0.0502. The molecular formula is C26H29N5O5. The lowest BCUT2D eigenvalue weighted by molar-refractivity contribution is -0.143. The Bertz CT molecular complexity index is 1210. The molecule has 10 nitrogen and oxygen atoms in total. The zero-order chi connectivity index (χ0) is 25.7. The fraction of sp³-hybridized carbons (Fsp3) is 0.346. The van der Waals surface area contributed by atoms with Gasteiger partial charge in [-0.15, -0.1) is 5.10 Å². The number of benzene rings is 2. The molecule has 3 aromatic rings. The summed E-state index contributed by atoms with van der Waals surface area (Å²) in [6.07, 6.45) is 0.828. The molecule has 1 aliphatic rings. The Morgan fingerprint density at radius 2 is 1.78 bits per heavy atom. The number of carbonyl (C=O) groups excluding carboxylic acids is 3. The van der Waals surface area contributed by atoms with E-state index in [1.807, 2.05) is 54.6 Å². The first kappa shape index (κ1) is 25.1. The average Bonchev–Trinajstić information content (AvgIpc) is 3.50. The van der Waals surface area contributed by atoms with Crippen LogP contribution in [0.5, 0.6) is 0 Å². The summed E-state index contributed by atoms with van der Waals surface area (Å²) in [5, 5.41) is 18.0. The van der Waals surface area contributed by atoms with E-state index < -0.39 is 18.1 Å². The number of aromatic nitrogens is 3. The summed E-state index contributed by atoms with van der Waals surface area (Å²) in [7, 11) is 2.97. The van der Waals surface area contributed by atoms with E-state index in [9.17, 15) is 19.5 Å². The Morgan fingerprint density at radius 1 is 1.08 bits per heavy atom.